The fourth-order valence-electron chi connectivity index (χ4n) is 4.74. The minimum absolute atomic E-state index is 0.235. The molecule has 150 valence electrons. The Bertz CT molecular complexity index is 1320. The SMILES string of the molecule is Cc1nn(-c2ccccc2Cl)c2c1[C@H]1c3cc4cccc(C)c4nc3SC[C@H]1CO2. The number of hydrogen-bond acceptors (Lipinski definition) is 4. The topological polar surface area (TPSA) is 39.9 Å². The van der Waals surface area contributed by atoms with E-state index in [0.717, 1.165) is 33.6 Å². The van der Waals surface area contributed by atoms with Gasteiger partial charge in [0.25, 0.3) is 0 Å². The quantitative estimate of drug-likeness (QED) is 0.372. The highest BCUT2D eigenvalue weighted by atomic mass is 35.5. The standard InChI is InChI=1S/C24H20ClN3OS/c1-13-6-5-7-15-10-17-21-16(12-30-23(17)26-22(13)15)11-29-24-20(21)14(2)27-28(24)19-9-4-3-8-18(19)25/h3-10,16,21H,11-12H2,1-2H3/t16-,21-/m1/s1. The Morgan fingerprint density at radius 1 is 1.13 bits per heavy atom. The highest BCUT2D eigenvalue weighted by Gasteiger charge is 2.41. The van der Waals surface area contributed by atoms with Gasteiger partial charge in [0.2, 0.25) is 5.88 Å². The fourth-order valence-corrected chi connectivity index (χ4v) is 6.13. The molecule has 0 amide bonds. The molecular weight excluding hydrogens is 414 g/mol. The van der Waals surface area contributed by atoms with E-state index >= 15 is 0 Å². The van der Waals surface area contributed by atoms with E-state index in [9.17, 15) is 0 Å². The van der Waals surface area contributed by atoms with Crippen molar-refractivity contribution in [1.29, 1.82) is 0 Å². The first-order valence-corrected chi connectivity index (χ1v) is 11.5. The molecule has 0 fully saturated rings. The van der Waals surface area contributed by atoms with Crippen LogP contribution in [0.4, 0.5) is 0 Å². The number of rotatable bonds is 1. The maximum atomic E-state index is 6.48. The summed E-state index contributed by atoms with van der Waals surface area (Å²) in [5.74, 6) is 2.45. The Kier molecular flexibility index (Phi) is 4.12. The summed E-state index contributed by atoms with van der Waals surface area (Å²) in [5.41, 5.74) is 6.61. The van der Waals surface area contributed by atoms with Crippen molar-refractivity contribution in [2.45, 2.75) is 24.8 Å². The van der Waals surface area contributed by atoms with E-state index in [2.05, 4.69) is 38.1 Å². The van der Waals surface area contributed by atoms with E-state index in [0.29, 0.717) is 17.5 Å². The lowest BCUT2D eigenvalue weighted by molar-refractivity contribution is 0.205. The summed E-state index contributed by atoms with van der Waals surface area (Å²) in [5, 5.41) is 7.84. The highest BCUT2D eigenvalue weighted by molar-refractivity contribution is 7.99. The largest absolute Gasteiger partial charge is 0.477 e. The van der Waals surface area contributed by atoms with Gasteiger partial charge in [-0.3, -0.25) is 0 Å². The van der Waals surface area contributed by atoms with E-state index in [-0.39, 0.29) is 5.92 Å². The number of hydrogen-bond donors (Lipinski definition) is 0. The van der Waals surface area contributed by atoms with Crippen LogP contribution in [0.1, 0.15) is 28.3 Å². The second-order valence-corrected chi connectivity index (χ2v) is 9.47. The van der Waals surface area contributed by atoms with Gasteiger partial charge in [0.15, 0.2) is 0 Å². The van der Waals surface area contributed by atoms with Crippen molar-refractivity contribution in [3.63, 3.8) is 0 Å². The van der Waals surface area contributed by atoms with Crippen LogP contribution in [0.25, 0.3) is 16.6 Å². The van der Waals surface area contributed by atoms with Crippen LogP contribution in [-0.2, 0) is 0 Å². The van der Waals surface area contributed by atoms with E-state index in [1.54, 1.807) is 0 Å². The Labute approximate surface area is 184 Å². The van der Waals surface area contributed by atoms with Crippen LogP contribution < -0.4 is 4.74 Å². The summed E-state index contributed by atoms with van der Waals surface area (Å²) in [6.07, 6.45) is 0. The zero-order valence-electron chi connectivity index (χ0n) is 16.7. The molecule has 30 heavy (non-hydrogen) atoms. The van der Waals surface area contributed by atoms with Crippen LogP contribution in [0, 0.1) is 19.8 Å². The van der Waals surface area contributed by atoms with E-state index in [4.69, 9.17) is 26.4 Å². The van der Waals surface area contributed by atoms with Crippen LogP contribution >= 0.6 is 23.4 Å². The van der Waals surface area contributed by atoms with Gasteiger partial charge < -0.3 is 4.74 Å². The Hall–Kier alpha value is -2.50. The van der Waals surface area contributed by atoms with Crippen LogP contribution in [0.2, 0.25) is 5.02 Å². The van der Waals surface area contributed by atoms with Crippen molar-refractivity contribution >= 4 is 34.3 Å². The van der Waals surface area contributed by atoms with Gasteiger partial charge in [-0.15, -0.1) is 11.8 Å². The van der Waals surface area contributed by atoms with Crippen LogP contribution in [0.5, 0.6) is 5.88 Å². The van der Waals surface area contributed by atoms with Gasteiger partial charge in [-0.2, -0.15) is 9.78 Å². The van der Waals surface area contributed by atoms with Crippen LogP contribution in [0.15, 0.2) is 53.6 Å². The molecule has 0 saturated heterocycles. The first-order chi connectivity index (χ1) is 14.6. The maximum absolute atomic E-state index is 6.48. The summed E-state index contributed by atoms with van der Waals surface area (Å²) < 4.78 is 8.15. The maximum Gasteiger partial charge on any atom is 0.220 e. The van der Waals surface area contributed by atoms with Gasteiger partial charge in [-0.05, 0) is 43.2 Å². The average Bonchev–Trinajstić information content (AvgIpc) is 3.09. The molecule has 4 nitrogen and oxygen atoms in total. The predicted octanol–water partition coefficient (Wildman–Crippen LogP) is 5.94. The molecule has 2 aromatic heterocycles. The average molecular weight is 434 g/mol. The van der Waals surface area contributed by atoms with Gasteiger partial charge >= 0.3 is 0 Å². The zero-order chi connectivity index (χ0) is 20.4. The van der Waals surface area contributed by atoms with Gasteiger partial charge in [-0.1, -0.05) is 41.9 Å². The van der Waals surface area contributed by atoms with Gasteiger partial charge in [0, 0.05) is 28.5 Å². The number of fused-ring (bicyclic) bond motifs is 6. The molecule has 0 spiro atoms. The van der Waals surface area contributed by atoms with Crippen molar-refractivity contribution in [2.75, 3.05) is 12.4 Å². The molecule has 6 rings (SSSR count). The summed E-state index contributed by atoms with van der Waals surface area (Å²) in [4.78, 5) is 5.06. The van der Waals surface area contributed by atoms with Crippen LogP contribution in [0.3, 0.4) is 0 Å². The molecule has 0 radical (unpaired) electrons. The normalized spacial score (nSPS) is 19.7. The third-order valence-electron chi connectivity index (χ3n) is 6.17. The molecule has 4 heterocycles. The molecule has 0 saturated carbocycles. The number of pyridine rings is 1. The number of aryl methyl sites for hydroxylation is 2. The summed E-state index contributed by atoms with van der Waals surface area (Å²) >= 11 is 8.32. The number of nitrogens with zero attached hydrogens (tertiary/aromatic N) is 3. The van der Waals surface area contributed by atoms with Gasteiger partial charge in [0.1, 0.15) is 5.03 Å². The summed E-state index contributed by atoms with van der Waals surface area (Å²) in [7, 11) is 0. The Balaban J connectivity index is 1.57. The van der Waals surface area contributed by atoms with Crippen molar-refractivity contribution in [3.05, 3.63) is 75.9 Å². The minimum atomic E-state index is 0.235. The van der Waals surface area contributed by atoms with Crippen molar-refractivity contribution in [2.24, 2.45) is 5.92 Å². The van der Waals surface area contributed by atoms with Crippen LogP contribution in [-0.4, -0.2) is 27.1 Å². The lowest BCUT2D eigenvalue weighted by Crippen LogP contribution is -2.32. The number of aromatic nitrogens is 3. The molecule has 2 aliphatic heterocycles. The molecule has 2 aliphatic rings. The molecule has 2 aromatic carbocycles. The van der Waals surface area contributed by atoms with E-state index in [1.807, 2.05) is 40.7 Å². The molecule has 0 N–H and O–H groups in total. The first-order valence-electron chi connectivity index (χ1n) is 10.1. The number of halogens is 1. The van der Waals surface area contributed by atoms with E-state index < -0.39 is 0 Å². The number of benzene rings is 2. The molecule has 0 bridgehead atoms. The predicted molar refractivity (Wildman–Crippen MR) is 121 cm³/mol. The number of para-hydroxylation sites is 2. The fraction of sp³-hybridized carbons (Fsp3) is 0.250. The molecule has 4 aromatic rings. The summed E-state index contributed by atoms with van der Waals surface area (Å²) in [6, 6.07) is 16.5. The second kappa shape index (κ2) is 6.76. The number of thioether (sulfide) groups is 1. The Morgan fingerprint density at radius 2 is 2.00 bits per heavy atom. The van der Waals surface area contributed by atoms with Crippen molar-refractivity contribution in [1.82, 2.24) is 14.8 Å². The van der Waals surface area contributed by atoms with Gasteiger partial charge in [0.05, 0.1) is 28.5 Å². The third kappa shape index (κ3) is 2.62. The molecule has 0 aliphatic carbocycles. The highest BCUT2D eigenvalue weighted by Crippen LogP contribution is 2.51. The van der Waals surface area contributed by atoms with E-state index in [1.165, 1.54) is 22.1 Å². The lowest BCUT2D eigenvalue weighted by atomic mass is 9.80. The van der Waals surface area contributed by atoms with Crippen molar-refractivity contribution < 1.29 is 4.74 Å². The number of ether oxygens (including phenoxy) is 1. The smallest absolute Gasteiger partial charge is 0.220 e. The Morgan fingerprint density at radius 3 is 2.87 bits per heavy atom. The van der Waals surface area contributed by atoms with Crippen molar-refractivity contribution in [3.8, 4) is 11.6 Å². The zero-order valence-corrected chi connectivity index (χ0v) is 18.3. The lowest BCUT2D eigenvalue weighted by Gasteiger charge is -2.36. The monoisotopic (exact) mass is 433 g/mol. The molecule has 2 atom stereocenters. The first kappa shape index (κ1) is 18.3. The molecule has 6 heteroatoms. The summed E-state index contributed by atoms with van der Waals surface area (Å²) in [6.45, 7) is 4.87. The second-order valence-electron chi connectivity index (χ2n) is 8.06. The minimum Gasteiger partial charge on any atom is -0.477 e. The molecular formula is C24H20ClN3OS. The third-order valence-corrected chi connectivity index (χ3v) is 7.68. The molecule has 0 unspecified atom stereocenters. The van der Waals surface area contributed by atoms with Gasteiger partial charge in [-0.25, -0.2) is 4.98 Å².